The van der Waals surface area contributed by atoms with Crippen molar-refractivity contribution in [3.8, 4) is 0 Å². The van der Waals surface area contributed by atoms with Gasteiger partial charge < -0.3 is 4.84 Å². The molecular weight excluding hydrogens is 214 g/mol. The fraction of sp³-hybridized carbons (Fsp3) is 1.00. The fourth-order valence-electron chi connectivity index (χ4n) is 1.90. The molecule has 2 atom stereocenters. The zero-order chi connectivity index (χ0) is 11.5. The van der Waals surface area contributed by atoms with Crippen molar-refractivity contribution < 1.29 is 13.3 Å². The van der Waals surface area contributed by atoms with Gasteiger partial charge in [0, 0.05) is 12.3 Å². The average molecular weight is 235 g/mol. The van der Waals surface area contributed by atoms with Gasteiger partial charge in [-0.1, -0.05) is 20.3 Å². The molecule has 1 aliphatic carbocycles. The first kappa shape index (κ1) is 12.9. The van der Waals surface area contributed by atoms with Gasteiger partial charge in [-0.15, -0.1) is 0 Å². The molecule has 0 amide bonds. The number of nitrogens with one attached hydrogen (secondary N) is 1. The molecule has 0 heterocycles. The molecule has 0 spiro atoms. The Balaban J connectivity index is 2.41. The van der Waals surface area contributed by atoms with E-state index >= 15 is 0 Å². The molecule has 0 aliphatic heterocycles. The van der Waals surface area contributed by atoms with E-state index in [1.54, 1.807) is 0 Å². The minimum absolute atomic E-state index is 0.0289. The summed E-state index contributed by atoms with van der Waals surface area (Å²) in [5, 5.41) is -0.273. The second kappa shape index (κ2) is 5.27. The second-order valence-corrected chi connectivity index (χ2v) is 6.99. The Morgan fingerprint density at radius 3 is 2.60 bits per heavy atom. The van der Waals surface area contributed by atoms with Gasteiger partial charge in [0.1, 0.15) is 0 Å². The van der Waals surface area contributed by atoms with E-state index in [1.165, 1.54) is 6.26 Å². The Kier molecular flexibility index (Phi) is 4.55. The molecule has 0 saturated heterocycles. The summed E-state index contributed by atoms with van der Waals surface area (Å²) in [6, 6.07) is -0.0289. The van der Waals surface area contributed by atoms with Gasteiger partial charge in [0.2, 0.25) is 0 Å². The number of hydrogen-bond acceptors (Lipinski definition) is 4. The highest BCUT2D eigenvalue weighted by Crippen LogP contribution is 2.24. The summed E-state index contributed by atoms with van der Waals surface area (Å²) in [5.74, 6) is 0.454. The largest absolute Gasteiger partial charge is 0.301 e. The Bertz CT molecular complexity index is 287. The minimum atomic E-state index is -2.94. The number of hydrogen-bond donors (Lipinski definition) is 1. The molecule has 5 heteroatoms. The zero-order valence-corrected chi connectivity index (χ0v) is 10.5. The van der Waals surface area contributed by atoms with Crippen molar-refractivity contribution in [1.82, 2.24) is 5.48 Å². The maximum absolute atomic E-state index is 11.4. The van der Waals surface area contributed by atoms with E-state index in [0.717, 1.165) is 19.3 Å². The van der Waals surface area contributed by atoms with Crippen LogP contribution in [0, 0.1) is 5.92 Å². The van der Waals surface area contributed by atoms with Crippen molar-refractivity contribution in [3.63, 3.8) is 0 Å². The molecule has 2 unspecified atom stereocenters. The monoisotopic (exact) mass is 235 g/mol. The average Bonchev–Trinajstić information content (AvgIpc) is 2.50. The maximum atomic E-state index is 11.4. The quantitative estimate of drug-likeness (QED) is 0.726. The van der Waals surface area contributed by atoms with Crippen LogP contribution in [0.3, 0.4) is 0 Å². The van der Waals surface area contributed by atoms with Crippen molar-refractivity contribution in [2.75, 3.05) is 12.9 Å². The SMILES string of the molecule is CC(C)CONC1CCCC1S(C)(=O)=O. The van der Waals surface area contributed by atoms with E-state index in [4.69, 9.17) is 4.84 Å². The van der Waals surface area contributed by atoms with Crippen molar-refractivity contribution in [2.24, 2.45) is 5.92 Å². The summed E-state index contributed by atoms with van der Waals surface area (Å²) < 4.78 is 22.9. The van der Waals surface area contributed by atoms with Crippen LogP contribution in [0.25, 0.3) is 0 Å². The van der Waals surface area contributed by atoms with Gasteiger partial charge in [-0.05, 0) is 18.8 Å². The fourth-order valence-corrected chi connectivity index (χ4v) is 3.28. The summed E-state index contributed by atoms with van der Waals surface area (Å²) in [5.41, 5.74) is 2.89. The number of hydroxylamine groups is 1. The summed E-state index contributed by atoms with van der Waals surface area (Å²) in [6.45, 7) is 4.74. The van der Waals surface area contributed by atoms with Gasteiger partial charge in [-0.2, -0.15) is 5.48 Å². The molecule has 0 bridgehead atoms. The highest BCUT2D eigenvalue weighted by molar-refractivity contribution is 7.91. The molecule has 1 fully saturated rings. The smallest absolute Gasteiger partial charge is 0.151 e. The van der Waals surface area contributed by atoms with Crippen LogP contribution in [0.5, 0.6) is 0 Å². The van der Waals surface area contributed by atoms with Crippen LogP contribution in [-0.4, -0.2) is 32.6 Å². The molecule has 0 radical (unpaired) electrons. The lowest BCUT2D eigenvalue weighted by atomic mass is 10.2. The molecule has 1 aliphatic rings. The second-order valence-electron chi connectivity index (χ2n) is 4.73. The first-order chi connectivity index (χ1) is 6.91. The van der Waals surface area contributed by atoms with Gasteiger partial charge in [0.15, 0.2) is 9.84 Å². The van der Waals surface area contributed by atoms with Crippen LogP contribution in [0.2, 0.25) is 0 Å². The normalized spacial score (nSPS) is 27.5. The van der Waals surface area contributed by atoms with Crippen LogP contribution in [0.4, 0.5) is 0 Å². The summed E-state index contributed by atoms with van der Waals surface area (Å²) in [6.07, 6.45) is 3.90. The molecule has 1 saturated carbocycles. The van der Waals surface area contributed by atoms with Gasteiger partial charge in [-0.25, -0.2) is 8.42 Å². The van der Waals surface area contributed by atoms with Crippen LogP contribution in [-0.2, 0) is 14.7 Å². The predicted molar refractivity (Wildman–Crippen MR) is 60.2 cm³/mol. The van der Waals surface area contributed by atoms with Gasteiger partial charge in [0.05, 0.1) is 11.9 Å². The van der Waals surface area contributed by atoms with Gasteiger partial charge in [0.25, 0.3) is 0 Å². The van der Waals surface area contributed by atoms with Crippen molar-refractivity contribution in [2.45, 2.75) is 44.4 Å². The Morgan fingerprint density at radius 2 is 2.07 bits per heavy atom. The molecule has 1 N–H and O–H groups in total. The van der Waals surface area contributed by atoms with Crippen molar-refractivity contribution in [3.05, 3.63) is 0 Å². The van der Waals surface area contributed by atoms with Crippen LogP contribution in [0.15, 0.2) is 0 Å². The highest BCUT2D eigenvalue weighted by atomic mass is 32.2. The summed E-state index contributed by atoms with van der Waals surface area (Å²) >= 11 is 0. The van der Waals surface area contributed by atoms with E-state index in [1.807, 2.05) is 0 Å². The third-order valence-electron chi connectivity index (χ3n) is 2.65. The molecule has 4 nitrogen and oxygen atoms in total. The summed E-state index contributed by atoms with van der Waals surface area (Å²) in [4.78, 5) is 5.29. The zero-order valence-electron chi connectivity index (χ0n) is 9.69. The topological polar surface area (TPSA) is 55.4 Å². The van der Waals surface area contributed by atoms with Gasteiger partial charge in [-0.3, -0.25) is 0 Å². The van der Waals surface area contributed by atoms with E-state index < -0.39 is 9.84 Å². The molecule has 0 aromatic rings. The lowest BCUT2D eigenvalue weighted by Gasteiger charge is -2.19. The lowest BCUT2D eigenvalue weighted by molar-refractivity contribution is 0.00297. The molecular formula is C10H21NO3S. The lowest BCUT2D eigenvalue weighted by Crippen LogP contribution is -2.40. The third kappa shape index (κ3) is 4.09. The molecule has 1 rings (SSSR count). The Labute approximate surface area is 92.3 Å². The van der Waals surface area contributed by atoms with Gasteiger partial charge >= 0.3 is 0 Å². The first-order valence-electron chi connectivity index (χ1n) is 5.47. The van der Waals surface area contributed by atoms with E-state index in [2.05, 4.69) is 19.3 Å². The van der Waals surface area contributed by atoms with Crippen molar-refractivity contribution in [1.29, 1.82) is 0 Å². The predicted octanol–water partition coefficient (Wildman–Crippen LogP) is 1.13. The van der Waals surface area contributed by atoms with E-state index in [9.17, 15) is 8.42 Å². The minimum Gasteiger partial charge on any atom is -0.301 e. The van der Waals surface area contributed by atoms with E-state index in [-0.39, 0.29) is 11.3 Å². The highest BCUT2D eigenvalue weighted by Gasteiger charge is 2.34. The molecule has 90 valence electrons. The number of rotatable bonds is 5. The Morgan fingerprint density at radius 1 is 1.40 bits per heavy atom. The third-order valence-corrected chi connectivity index (χ3v) is 4.32. The standard InChI is InChI=1S/C10H21NO3S/c1-8(2)7-14-11-9-5-4-6-10(9)15(3,12)13/h8-11H,4-7H2,1-3H3. The first-order valence-corrected chi connectivity index (χ1v) is 7.43. The Hall–Kier alpha value is -0.130. The molecule has 0 aromatic carbocycles. The van der Waals surface area contributed by atoms with Crippen LogP contribution < -0.4 is 5.48 Å². The van der Waals surface area contributed by atoms with E-state index in [0.29, 0.717) is 12.5 Å². The van der Waals surface area contributed by atoms with Crippen molar-refractivity contribution >= 4 is 9.84 Å². The van der Waals surface area contributed by atoms with Crippen LogP contribution >= 0.6 is 0 Å². The molecule has 0 aromatic heterocycles. The summed E-state index contributed by atoms with van der Waals surface area (Å²) in [7, 11) is -2.94. The molecule has 15 heavy (non-hydrogen) atoms. The number of sulfone groups is 1. The maximum Gasteiger partial charge on any atom is 0.151 e. The van der Waals surface area contributed by atoms with Crippen LogP contribution in [0.1, 0.15) is 33.1 Å².